The molecular formula is C15H18N4O2S. The number of nitrogens with one attached hydrogen (secondary N) is 2. The van der Waals surface area contributed by atoms with Gasteiger partial charge in [0.1, 0.15) is 11.8 Å². The highest BCUT2D eigenvalue weighted by Gasteiger charge is 2.28. The van der Waals surface area contributed by atoms with Gasteiger partial charge >= 0.3 is 0 Å². The predicted molar refractivity (Wildman–Crippen MR) is 87.5 cm³/mol. The molecule has 1 aromatic carbocycles. The first-order chi connectivity index (χ1) is 10.5. The summed E-state index contributed by atoms with van der Waals surface area (Å²) in [5.41, 5.74) is 2.47. The van der Waals surface area contributed by atoms with Crippen molar-refractivity contribution in [1.82, 2.24) is 10.3 Å². The van der Waals surface area contributed by atoms with Crippen molar-refractivity contribution in [2.75, 3.05) is 24.3 Å². The van der Waals surface area contributed by atoms with Gasteiger partial charge in [-0.25, -0.2) is 4.98 Å². The van der Waals surface area contributed by atoms with E-state index in [4.69, 9.17) is 0 Å². The third-order valence-corrected chi connectivity index (χ3v) is 4.63. The summed E-state index contributed by atoms with van der Waals surface area (Å²) in [6.45, 7) is 0.406. The van der Waals surface area contributed by atoms with Crippen LogP contribution in [0, 0.1) is 0 Å². The highest BCUT2D eigenvalue weighted by molar-refractivity contribution is 7.13. The lowest BCUT2D eigenvalue weighted by Gasteiger charge is -2.11. The molecule has 22 heavy (non-hydrogen) atoms. The number of carbonyl (C=O) groups excluding carboxylic acids is 1. The van der Waals surface area contributed by atoms with Crippen LogP contribution in [-0.2, 0) is 17.8 Å². The van der Waals surface area contributed by atoms with E-state index < -0.39 is 0 Å². The summed E-state index contributed by atoms with van der Waals surface area (Å²) in [6.07, 6.45) is 0.494. The fourth-order valence-electron chi connectivity index (χ4n) is 2.41. The topological polar surface area (TPSA) is 77.5 Å². The van der Waals surface area contributed by atoms with E-state index in [9.17, 15) is 9.90 Å². The number of anilines is 2. The molecule has 1 aromatic heterocycles. The summed E-state index contributed by atoms with van der Waals surface area (Å²) in [6, 6.07) is 4.92. The van der Waals surface area contributed by atoms with Crippen LogP contribution in [0.1, 0.15) is 11.3 Å². The fourth-order valence-corrected chi connectivity index (χ4v) is 3.17. The Labute approximate surface area is 132 Å². The highest BCUT2D eigenvalue weighted by Crippen LogP contribution is 2.32. The van der Waals surface area contributed by atoms with Crippen LogP contribution in [0.25, 0.3) is 0 Å². The molecule has 2 aromatic rings. The summed E-state index contributed by atoms with van der Waals surface area (Å²) in [5, 5.41) is 18.7. The third-order valence-electron chi connectivity index (χ3n) is 3.57. The zero-order chi connectivity index (χ0) is 15.7. The molecule has 3 rings (SSSR count). The Morgan fingerprint density at radius 2 is 2.36 bits per heavy atom. The van der Waals surface area contributed by atoms with Crippen LogP contribution in [-0.4, -0.2) is 36.1 Å². The van der Waals surface area contributed by atoms with Crippen molar-refractivity contribution < 1.29 is 9.90 Å². The second kappa shape index (κ2) is 5.84. The number of rotatable bonds is 4. The molecule has 6 nitrogen and oxygen atoms in total. The third kappa shape index (κ3) is 2.85. The Kier molecular flexibility index (Phi) is 3.89. The molecule has 0 radical (unpaired) electrons. The molecule has 0 spiro atoms. The lowest BCUT2D eigenvalue weighted by atomic mass is 10.1. The Balaban J connectivity index is 1.58. The van der Waals surface area contributed by atoms with E-state index in [1.54, 1.807) is 23.5 Å². The zero-order valence-electron chi connectivity index (χ0n) is 12.5. The number of thiazole rings is 1. The first kappa shape index (κ1) is 14.6. The Morgan fingerprint density at radius 1 is 1.55 bits per heavy atom. The van der Waals surface area contributed by atoms with Gasteiger partial charge in [0.2, 0.25) is 5.91 Å². The maximum Gasteiger partial charge on any atom is 0.243 e. The molecule has 0 fully saturated rings. The van der Waals surface area contributed by atoms with Crippen LogP contribution in [0.4, 0.5) is 10.8 Å². The molecule has 2 heterocycles. The van der Waals surface area contributed by atoms with Gasteiger partial charge in [-0.3, -0.25) is 4.79 Å². The number of phenols is 1. The van der Waals surface area contributed by atoms with Gasteiger partial charge in [0.25, 0.3) is 0 Å². The molecule has 116 valence electrons. The first-order valence-electron chi connectivity index (χ1n) is 7.01. The number of nitrogens with zero attached hydrogens (tertiary/aromatic N) is 2. The molecule has 1 atom stereocenters. The Bertz CT molecular complexity index is 699. The summed E-state index contributed by atoms with van der Waals surface area (Å²) >= 11 is 1.55. The average molecular weight is 318 g/mol. The summed E-state index contributed by atoms with van der Waals surface area (Å²) in [4.78, 5) is 18.6. The van der Waals surface area contributed by atoms with Gasteiger partial charge in [-0.05, 0) is 12.1 Å². The number of benzene rings is 1. The molecule has 1 aliphatic heterocycles. The van der Waals surface area contributed by atoms with Gasteiger partial charge in [-0.2, -0.15) is 0 Å². The van der Waals surface area contributed by atoms with Crippen molar-refractivity contribution in [3.63, 3.8) is 0 Å². The quantitative estimate of drug-likeness (QED) is 0.797. The minimum Gasteiger partial charge on any atom is -0.508 e. The average Bonchev–Trinajstić information content (AvgIpc) is 3.12. The second-order valence-corrected chi connectivity index (χ2v) is 6.27. The lowest BCUT2D eigenvalue weighted by molar-refractivity contribution is -0.121. The van der Waals surface area contributed by atoms with Crippen LogP contribution in [0.3, 0.4) is 0 Å². The number of hydrogen-bond acceptors (Lipinski definition) is 6. The number of carbonyl (C=O) groups is 1. The van der Waals surface area contributed by atoms with Crippen molar-refractivity contribution in [3.05, 3.63) is 34.8 Å². The molecule has 0 aliphatic carbocycles. The fraction of sp³-hybridized carbons (Fsp3) is 0.333. The molecule has 1 unspecified atom stereocenters. The number of phenolic OH excluding ortho intramolecular Hbond substituents is 1. The molecule has 0 bridgehead atoms. The molecule has 1 amide bonds. The second-order valence-electron chi connectivity index (χ2n) is 5.44. The Morgan fingerprint density at radius 3 is 3.05 bits per heavy atom. The maximum absolute atomic E-state index is 12.2. The summed E-state index contributed by atoms with van der Waals surface area (Å²) in [7, 11) is 3.88. The van der Waals surface area contributed by atoms with Crippen LogP contribution < -0.4 is 15.5 Å². The first-order valence-corrected chi connectivity index (χ1v) is 7.89. The van der Waals surface area contributed by atoms with Gasteiger partial charge in [0.15, 0.2) is 5.13 Å². The maximum atomic E-state index is 12.2. The van der Waals surface area contributed by atoms with E-state index >= 15 is 0 Å². The molecule has 0 saturated carbocycles. The summed E-state index contributed by atoms with van der Waals surface area (Å²) < 4.78 is 0. The van der Waals surface area contributed by atoms with Gasteiger partial charge in [0, 0.05) is 37.1 Å². The number of aromatic hydroxyl groups is 1. The van der Waals surface area contributed by atoms with Crippen LogP contribution in [0.5, 0.6) is 5.75 Å². The lowest BCUT2D eigenvalue weighted by Crippen LogP contribution is -2.38. The highest BCUT2D eigenvalue weighted by atomic mass is 32.1. The van der Waals surface area contributed by atoms with E-state index in [0.29, 0.717) is 13.0 Å². The van der Waals surface area contributed by atoms with E-state index in [-0.39, 0.29) is 17.7 Å². The minimum absolute atomic E-state index is 0.0880. The van der Waals surface area contributed by atoms with Crippen molar-refractivity contribution in [1.29, 1.82) is 0 Å². The van der Waals surface area contributed by atoms with E-state index in [0.717, 1.165) is 22.1 Å². The standard InChI is InChI=1S/C15H18N4O2S/c1-19(2)15-17-9(8-22-15)7-16-14(21)12-6-10-11(18-12)4-3-5-13(10)20/h3-5,8,12,18,20H,6-7H2,1-2H3,(H,16,21). The van der Waals surface area contributed by atoms with E-state index in [1.165, 1.54) is 0 Å². The SMILES string of the molecule is CN(C)c1nc(CNC(=O)C2Cc3c(O)cccc3N2)cs1. The van der Waals surface area contributed by atoms with Crippen LogP contribution in [0.15, 0.2) is 23.6 Å². The van der Waals surface area contributed by atoms with E-state index in [2.05, 4.69) is 15.6 Å². The van der Waals surface area contributed by atoms with Gasteiger partial charge in [0.05, 0.1) is 12.2 Å². The van der Waals surface area contributed by atoms with E-state index in [1.807, 2.05) is 30.4 Å². The van der Waals surface area contributed by atoms with Crippen molar-refractivity contribution in [3.8, 4) is 5.75 Å². The number of hydrogen-bond donors (Lipinski definition) is 3. The number of aromatic nitrogens is 1. The zero-order valence-corrected chi connectivity index (χ0v) is 13.3. The van der Waals surface area contributed by atoms with Crippen molar-refractivity contribution >= 4 is 28.1 Å². The largest absolute Gasteiger partial charge is 0.508 e. The summed E-state index contributed by atoms with van der Waals surface area (Å²) in [5.74, 6) is 0.144. The van der Waals surface area contributed by atoms with Gasteiger partial charge in [-0.15, -0.1) is 11.3 Å². The molecular weight excluding hydrogens is 300 g/mol. The number of fused-ring (bicyclic) bond motifs is 1. The van der Waals surface area contributed by atoms with Crippen molar-refractivity contribution in [2.45, 2.75) is 19.0 Å². The van der Waals surface area contributed by atoms with Gasteiger partial charge < -0.3 is 20.6 Å². The smallest absolute Gasteiger partial charge is 0.243 e. The van der Waals surface area contributed by atoms with Crippen molar-refractivity contribution in [2.24, 2.45) is 0 Å². The normalized spacial score (nSPS) is 16.0. The van der Waals surface area contributed by atoms with Crippen LogP contribution in [0.2, 0.25) is 0 Å². The van der Waals surface area contributed by atoms with Gasteiger partial charge in [-0.1, -0.05) is 6.07 Å². The molecule has 1 aliphatic rings. The number of amides is 1. The monoisotopic (exact) mass is 318 g/mol. The van der Waals surface area contributed by atoms with Crippen LogP contribution >= 0.6 is 11.3 Å². The molecule has 0 saturated heterocycles. The predicted octanol–water partition coefficient (Wildman–Crippen LogP) is 1.57. The Hall–Kier alpha value is -2.28. The molecule has 7 heteroatoms. The molecule has 3 N–H and O–H groups in total. The minimum atomic E-state index is -0.352.